The molecule has 2 aromatic heterocycles. The molecule has 0 aliphatic carbocycles. The van der Waals surface area contributed by atoms with Crippen molar-refractivity contribution in [1.29, 1.82) is 0 Å². The Kier molecular flexibility index (Phi) is 18.0. The van der Waals surface area contributed by atoms with E-state index in [9.17, 15) is 24.0 Å². The van der Waals surface area contributed by atoms with Crippen LogP contribution in [0, 0.1) is 6.92 Å². The number of likely N-dealkylation sites (N-methyl/N-ethyl adjacent to an activating group) is 1. The molecule has 66 heavy (non-hydrogen) atoms. The van der Waals surface area contributed by atoms with Gasteiger partial charge < -0.3 is 53.3 Å². The van der Waals surface area contributed by atoms with E-state index in [0.29, 0.717) is 86.6 Å². The predicted octanol–water partition coefficient (Wildman–Crippen LogP) is 5.08. The van der Waals surface area contributed by atoms with Crippen molar-refractivity contribution in [3.05, 3.63) is 108 Å². The molecule has 2 N–H and O–H groups in total. The third-order valence-electron chi connectivity index (χ3n) is 10.6. The zero-order valence-electron chi connectivity index (χ0n) is 37.4. The monoisotopic (exact) mass is 927 g/mol. The summed E-state index contributed by atoms with van der Waals surface area (Å²) in [5, 5.41) is 7.66. The first kappa shape index (κ1) is 49.0. The molecule has 0 saturated heterocycles. The van der Waals surface area contributed by atoms with Gasteiger partial charge in [-0.1, -0.05) is 18.2 Å². The Labute approximate surface area is 387 Å². The number of benzene rings is 3. The number of methoxy groups -OCH3 is 1. The first-order valence-corrected chi connectivity index (χ1v) is 22.1. The molecule has 5 aromatic rings. The van der Waals surface area contributed by atoms with E-state index in [1.54, 1.807) is 76.1 Å². The highest BCUT2D eigenvalue weighted by molar-refractivity contribution is 6.15. The number of halogens is 1. The summed E-state index contributed by atoms with van der Waals surface area (Å²) in [6.45, 7) is 5.50. The number of ether oxygens (including phenoxy) is 6. The van der Waals surface area contributed by atoms with Crippen LogP contribution < -0.4 is 25.0 Å². The van der Waals surface area contributed by atoms with Crippen molar-refractivity contribution in [3.8, 4) is 11.5 Å². The number of aryl methyl sites for hydroxylation is 1. The topological polar surface area (TPSA) is 192 Å². The predicted molar refractivity (Wildman–Crippen MR) is 248 cm³/mol. The van der Waals surface area contributed by atoms with E-state index in [0.717, 1.165) is 26.8 Å². The lowest BCUT2D eigenvalue weighted by atomic mass is 9.97. The number of amides is 5. The van der Waals surface area contributed by atoms with Gasteiger partial charge in [0.05, 0.1) is 57.6 Å². The van der Waals surface area contributed by atoms with E-state index >= 15 is 0 Å². The van der Waals surface area contributed by atoms with Gasteiger partial charge in [0.1, 0.15) is 22.8 Å². The van der Waals surface area contributed by atoms with Gasteiger partial charge in [-0.05, 0) is 73.3 Å². The Morgan fingerprint density at radius 3 is 2.29 bits per heavy atom. The molecule has 0 spiro atoms. The molecular weight excluding hydrogens is 874 g/mol. The molecule has 0 fully saturated rings. The van der Waals surface area contributed by atoms with Gasteiger partial charge in [0.15, 0.2) is 6.79 Å². The summed E-state index contributed by atoms with van der Waals surface area (Å²) < 4.78 is 35.0. The van der Waals surface area contributed by atoms with Crippen LogP contribution in [0.1, 0.15) is 32.0 Å². The Hall–Kier alpha value is -6.41. The summed E-state index contributed by atoms with van der Waals surface area (Å²) in [5.41, 5.74) is 4.30. The first-order valence-electron chi connectivity index (χ1n) is 21.3. The molecule has 0 atom stereocenters. The Morgan fingerprint density at radius 2 is 1.58 bits per heavy atom. The second-order valence-corrected chi connectivity index (χ2v) is 14.9. The Bertz CT molecular complexity index is 2510. The number of fused-ring (bicyclic) bond motifs is 4. The lowest BCUT2D eigenvalue weighted by Gasteiger charge is -2.23. The fraction of sp³-hybridized carbons (Fsp3) is 0.362. The van der Waals surface area contributed by atoms with Crippen LogP contribution in [0.2, 0.25) is 0 Å². The highest BCUT2D eigenvalue weighted by Gasteiger charge is 2.31. The number of hydrogen-bond acceptors (Lipinski definition) is 13. The van der Waals surface area contributed by atoms with Gasteiger partial charge in [-0.3, -0.25) is 24.1 Å². The number of alkyl halides is 1. The fourth-order valence-electron chi connectivity index (χ4n) is 7.39. The van der Waals surface area contributed by atoms with Gasteiger partial charge in [-0.25, -0.2) is 9.78 Å². The maximum Gasteiger partial charge on any atom is 0.415 e. The number of hydrogen-bond donors (Lipinski definition) is 2. The standard InChI is InChI=1S/C46H51N7O11.CH3Cl/c1-31-5-4-6-36-39(64-46(58)50(18-16-47-2)19-21-60-23-25-62-26-24-61-22-20-53-41(54)13-14-42(53)55)27-38-35(43(31)36)15-17-52(38)45(57)37-29-51-28-33(9-12-40(51)49-37)48-44(56)32-7-10-34(11-8-32)63-30-59-3;1-2/h4-14,27-29,47H,15-26,30H2,1-3H3,(H,48,56);1H3. The highest BCUT2D eigenvalue weighted by Crippen LogP contribution is 2.42. The number of carbonyl (C=O) groups is 5. The van der Waals surface area contributed by atoms with Crippen molar-refractivity contribution in [2.24, 2.45) is 0 Å². The molecule has 19 heteroatoms. The molecule has 2 aliphatic heterocycles. The smallest absolute Gasteiger partial charge is 0.415 e. The van der Waals surface area contributed by atoms with E-state index in [4.69, 9.17) is 28.4 Å². The number of carbonyl (C=O) groups excluding carboxylic acids is 5. The summed E-state index contributed by atoms with van der Waals surface area (Å²) in [6.07, 6.45) is 7.32. The third-order valence-corrected chi connectivity index (χ3v) is 10.6. The molecule has 350 valence electrons. The minimum atomic E-state index is -0.560. The van der Waals surface area contributed by atoms with Gasteiger partial charge in [0.2, 0.25) is 0 Å². The molecule has 5 amide bonds. The van der Waals surface area contributed by atoms with Gasteiger partial charge >= 0.3 is 6.09 Å². The zero-order chi connectivity index (χ0) is 47.0. The minimum Gasteiger partial charge on any atom is -0.468 e. The molecule has 7 rings (SSSR count). The first-order chi connectivity index (χ1) is 32.1. The Morgan fingerprint density at radius 1 is 0.864 bits per heavy atom. The number of aromatic nitrogens is 2. The molecule has 3 aromatic carbocycles. The van der Waals surface area contributed by atoms with E-state index in [-0.39, 0.29) is 62.4 Å². The molecule has 0 bridgehead atoms. The fourth-order valence-corrected chi connectivity index (χ4v) is 7.39. The zero-order valence-corrected chi connectivity index (χ0v) is 38.1. The van der Waals surface area contributed by atoms with Crippen molar-refractivity contribution < 1.29 is 52.4 Å². The largest absolute Gasteiger partial charge is 0.468 e. The number of pyridine rings is 1. The maximum atomic E-state index is 14.2. The second kappa shape index (κ2) is 24.2. The Balaban J connectivity index is 0.00000355. The number of nitrogens with one attached hydrogen (secondary N) is 2. The summed E-state index contributed by atoms with van der Waals surface area (Å²) in [7, 11) is 3.33. The van der Waals surface area contributed by atoms with Crippen LogP contribution in [0.15, 0.2) is 85.2 Å². The third kappa shape index (κ3) is 12.3. The van der Waals surface area contributed by atoms with Crippen LogP contribution in [0.4, 0.5) is 16.2 Å². The van der Waals surface area contributed by atoms with Crippen LogP contribution in [-0.2, 0) is 35.0 Å². The normalized spacial score (nSPS) is 13.0. The summed E-state index contributed by atoms with van der Waals surface area (Å²) >= 11 is 4.64. The lowest BCUT2D eigenvalue weighted by Crippen LogP contribution is -2.40. The van der Waals surface area contributed by atoms with Gasteiger partial charge in [-0.2, -0.15) is 0 Å². The van der Waals surface area contributed by atoms with Crippen LogP contribution in [-0.4, -0.2) is 149 Å². The number of anilines is 2. The van der Waals surface area contributed by atoms with E-state index < -0.39 is 6.09 Å². The lowest BCUT2D eigenvalue weighted by molar-refractivity contribution is -0.137. The average molecular weight is 928 g/mol. The quantitative estimate of drug-likeness (QED) is 0.0405. The van der Waals surface area contributed by atoms with Gasteiger partial charge in [0.25, 0.3) is 23.6 Å². The molecule has 0 unspecified atom stereocenters. The molecular formula is C47H54ClN7O11. The minimum absolute atomic E-state index is 0.101. The van der Waals surface area contributed by atoms with E-state index in [2.05, 4.69) is 27.2 Å². The van der Waals surface area contributed by atoms with Crippen LogP contribution in [0.3, 0.4) is 0 Å². The number of nitrogens with zero attached hydrogens (tertiary/aromatic N) is 5. The molecule has 18 nitrogen and oxygen atoms in total. The summed E-state index contributed by atoms with van der Waals surface area (Å²) in [4.78, 5) is 73.3. The van der Waals surface area contributed by atoms with Gasteiger partial charge in [-0.15, -0.1) is 11.6 Å². The van der Waals surface area contributed by atoms with E-state index in [1.807, 2.05) is 25.1 Å². The van der Waals surface area contributed by atoms with Crippen LogP contribution in [0.25, 0.3) is 16.4 Å². The maximum absolute atomic E-state index is 14.2. The van der Waals surface area contributed by atoms with Crippen molar-refractivity contribution in [2.75, 3.05) is 110 Å². The molecule has 4 heterocycles. The molecule has 0 saturated carbocycles. The summed E-state index contributed by atoms with van der Waals surface area (Å²) in [5.74, 6) is -0.411. The number of imide groups is 1. The number of rotatable bonds is 22. The number of imidazole rings is 1. The average Bonchev–Trinajstić information content (AvgIpc) is 4.05. The van der Waals surface area contributed by atoms with Crippen molar-refractivity contribution in [1.82, 2.24) is 24.5 Å². The SMILES string of the molecule is CCl.CNCCN(CCOCCOCCOCCN1C(=O)C=CC1=O)C(=O)Oc1cc2c(c3c(C)cccc13)CCN2C(=O)c1cn2cc(NC(=O)c3ccc(OCOC)cc3)ccc2n1. The van der Waals surface area contributed by atoms with Crippen LogP contribution in [0.5, 0.6) is 11.5 Å². The highest BCUT2D eigenvalue weighted by atomic mass is 35.5. The molecule has 2 aliphatic rings. The van der Waals surface area contributed by atoms with Crippen LogP contribution >= 0.6 is 11.6 Å². The van der Waals surface area contributed by atoms with Crippen molar-refractivity contribution >= 4 is 69.1 Å². The van der Waals surface area contributed by atoms with Crippen molar-refractivity contribution in [3.63, 3.8) is 0 Å². The van der Waals surface area contributed by atoms with Crippen molar-refractivity contribution in [2.45, 2.75) is 13.3 Å². The van der Waals surface area contributed by atoms with E-state index in [1.165, 1.54) is 25.6 Å². The molecule has 0 radical (unpaired) electrons. The van der Waals surface area contributed by atoms with Gasteiger partial charge in [0, 0.05) is 81.2 Å². The second-order valence-electron chi connectivity index (χ2n) is 14.9. The summed E-state index contributed by atoms with van der Waals surface area (Å²) in [6, 6.07) is 17.7.